The molecule has 3 nitrogen and oxygen atoms in total. The van der Waals surface area contributed by atoms with Gasteiger partial charge in [0.2, 0.25) is 0 Å². The van der Waals surface area contributed by atoms with Crippen LogP contribution in [0.1, 0.15) is 43.8 Å². The molecular formula is C21H20O3S2. The molecule has 1 aromatic carbocycles. The summed E-state index contributed by atoms with van der Waals surface area (Å²) in [6.07, 6.45) is 1.02. The molecule has 3 aromatic rings. The molecule has 0 fully saturated rings. The van der Waals surface area contributed by atoms with Crippen LogP contribution >= 0.6 is 22.7 Å². The Morgan fingerprint density at radius 2 is 1.85 bits per heavy atom. The van der Waals surface area contributed by atoms with E-state index in [-0.39, 0.29) is 11.7 Å². The molecule has 3 rings (SSSR count). The van der Waals surface area contributed by atoms with Crippen molar-refractivity contribution >= 4 is 34.4 Å². The van der Waals surface area contributed by atoms with Gasteiger partial charge in [-0.25, -0.2) is 4.79 Å². The summed E-state index contributed by atoms with van der Waals surface area (Å²) in [4.78, 5) is 25.8. The van der Waals surface area contributed by atoms with E-state index in [0.717, 1.165) is 26.4 Å². The lowest BCUT2D eigenvalue weighted by molar-refractivity contribution is 0.0697. The van der Waals surface area contributed by atoms with E-state index in [4.69, 9.17) is 0 Å². The number of aryl methyl sites for hydroxylation is 1. The molecule has 1 atom stereocenters. The van der Waals surface area contributed by atoms with E-state index in [1.54, 1.807) is 0 Å². The van der Waals surface area contributed by atoms with Crippen LogP contribution in [0.15, 0.2) is 47.2 Å². The molecule has 2 aromatic heterocycles. The lowest BCUT2D eigenvalue weighted by atomic mass is 9.95. The highest BCUT2D eigenvalue weighted by Crippen LogP contribution is 2.34. The summed E-state index contributed by atoms with van der Waals surface area (Å²) in [5.41, 5.74) is 3.18. The predicted octanol–water partition coefficient (Wildman–Crippen LogP) is 5.93. The number of carbonyl (C=O) groups is 2. The molecular weight excluding hydrogens is 364 g/mol. The molecule has 0 saturated heterocycles. The molecule has 0 saturated carbocycles. The zero-order chi connectivity index (χ0) is 18.7. The Balaban J connectivity index is 1.80. The fraction of sp³-hybridized carbons (Fsp3) is 0.238. The van der Waals surface area contributed by atoms with Crippen molar-refractivity contribution in [1.82, 2.24) is 0 Å². The minimum atomic E-state index is -0.909. The van der Waals surface area contributed by atoms with Gasteiger partial charge in [0.1, 0.15) is 0 Å². The second-order valence-electron chi connectivity index (χ2n) is 6.53. The summed E-state index contributed by atoms with van der Waals surface area (Å²) in [5.74, 6) is -0.694. The molecule has 0 aliphatic heterocycles. The van der Waals surface area contributed by atoms with E-state index in [1.807, 2.05) is 61.0 Å². The van der Waals surface area contributed by atoms with Gasteiger partial charge in [0.25, 0.3) is 0 Å². The zero-order valence-electron chi connectivity index (χ0n) is 14.7. The highest BCUT2D eigenvalue weighted by Gasteiger charge is 2.22. The van der Waals surface area contributed by atoms with Gasteiger partial charge < -0.3 is 5.11 Å². The summed E-state index contributed by atoms with van der Waals surface area (Å²) in [6, 6.07) is 11.6. The van der Waals surface area contributed by atoms with Gasteiger partial charge in [-0.05, 0) is 41.7 Å². The second-order valence-corrected chi connectivity index (χ2v) is 8.44. The minimum Gasteiger partial charge on any atom is -0.478 e. The Morgan fingerprint density at radius 3 is 2.46 bits per heavy atom. The molecule has 2 heterocycles. The van der Waals surface area contributed by atoms with Gasteiger partial charge in [-0.1, -0.05) is 42.8 Å². The van der Waals surface area contributed by atoms with Gasteiger partial charge >= 0.3 is 5.97 Å². The maximum atomic E-state index is 12.3. The van der Waals surface area contributed by atoms with Crippen LogP contribution in [0.3, 0.4) is 0 Å². The van der Waals surface area contributed by atoms with E-state index < -0.39 is 5.97 Å². The number of hydrogen-bond acceptors (Lipinski definition) is 4. The fourth-order valence-electron chi connectivity index (χ4n) is 2.97. The van der Waals surface area contributed by atoms with Crippen molar-refractivity contribution in [3.05, 3.63) is 68.0 Å². The van der Waals surface area contributed by atoms with Crippen LogP contribution in [-0.2, 0) is 6.42 Å². The normalized spacial score (nSPS) is 12.1. The van der Waals surface area contributed by atoms with E-state index in [1.165, 1.54) is 22.7 Å². The Bertz CT molecular complexity index is 905. The SMILES string of the molecule is Cc1ccc(-c2csc(CC(C)CC(=O)c3cccs3)c2C(=O)O)cc1. The van der Waals surface area contributed by atoms with Crippen molar-refractivity contribution in [2.75, 3.05) is 0 Å². The summed E-state index contributed by atoms with van der Waals surface area (Å²) < 4.78 is 0. The number of hydrogen-bond donors (Lipinski definition) is 1. The molecule has 0 spiro atoms. The Kier molecular flexibility index (Phi) is 5.69. The standard InChI is InChI=1S/C21H20O3S2/c1-13-5-7-15(8-6-13)16-12-26-19(20(16)21(23)24)11-14(2)10-17(22)18-4-3-9-25-18/h3-9,12,14H,10-11H2,1-2H3,(H,23,24). The fourth-order valence-corrected chi connectivity index (χ4v) is 4.86. The topological polar surface area (TPSA) is 54.4 Å². The van der Waals surface area contributed by atoms with Crippen molar-refractivity contribution in [2.45, 2.75) is 26.7 Å². The highest BCUT2D eigenvalue weighted by atomic mass is 32.1. The molecule has 0 bridgehead atoms. The average molecular weight is 385 g/mol. The van der Waals surface area contributed by atoms with Gasteiger partial charge in [-0.2, -0.15) is 0 Å². The number of benzene rings is 1. The molecule has 0 aliphatic rings. The average Bonchev–Trinajstić information content (AvgIpc) is 3.25. The maximum absolute atomic E-state index is 12.3. The molecule has 1 unspecified atom stereocenters. The Hall–Kier alpha value is -2.24. The molecule has 0 aliphatic carbocycles. The van der Waals surface area contributed by atoms with Crippen molar-refractivity contribution in [3.63, 3.8) is 0 Å². The predicted molar refractivity (Wildman–Crippen MR) is 108 cm³/mol. The molecule has 26 heavy (non-hydrogen) atoms. The van der Waals surface area contributed by atoms with Crippen molar-refractivity contribution < 1.29 is 14.7 Å². The smallest absolute Gasteiger partial charge is 0.337 e. The third-order valence-electron chi connectivity index (χ3n) is 4.31. The maximum Gasteiger partial charge on any atom is 0.337 e. The van der Waals surface area contributed by atoms with Crippen LogP contribution < -0.4 is 0 Å². The van der Waals surface area contributed by atoms with Crippen LogP contribution in [0.2, 0.25) is 0 Å². The van der Waals surface area contributed by atoms with Crippen LogP contribution in [0.4, 0.5) is 0 Å². The number of Topliss-reactive ketones (excluding diaryl/α,β-unsaturated/α-hetero) is 1. The first-order valence-corrected chi connectivity index (χ1v) is 10.2. The lowest BCUT2D eigenvalue weighted by Gasteiger charge is -2.10. The van der Waals surface area contributed by atoms with Gasteiger partial charge in [0, 0.05) is 16.9 Å². The number of rotatable bonds is 7. The zero-order valence-corrected chi connectivity index (χ0v) is 16.3. The quantitative estimate of drug-likeness (QED) is 0.513. The van der Waals surface area contributed by atoms with Crippen LogP contribution in [0.25, 0.3) is 11.1 Å². The second kappa shape index (κ2) is 7.98. The van der Waals surface area contributed by atoms with Crippen LogP contribution in [-0.4, -0.2) is 16.9 Å². The third kappa shape index (κ3) is 4.11. The van der Waals surface area contributed by atoms with E-state index in [2.05, 4.69) is 0 Å². The van der Waals surface area contributed by atoms with Crippen molar-refractivity contribution in [2.24, 2.45) is 5.92 Å². The highest BCUT2D eigenvalue weighted by molar-refractivity contribution is 7.12. The number of carboxylic acid groups (broad SMARTS) is 1. The van der Waals surface area contributed by atoms with Gasteiger partial charge in [0.05, 0.1) is 10.4 Å². The molecule has 5 heteroatoms. The monoisotopic (exact) mass is 384 g/mol. The molecule has 0 radical (unpaired) electrons. The summed E-state index contributed by atoms with van der Waals surface area (Å²) >= 11 is 2.92. The van der Waals surface area contributed by atoms with Crippen molar-refractivity contribution in [3.8, 4) is 11.1 Å². The molecule has 1 N–H and O–H groups in total. The number of carboxylic acids is 1. The number of aromatic carboxylic acids is 1. The number of carbonyl (C=O) groups excluding carboxylic acids is 1. The van der Waals surface area contributed by atoms with Gasteiger partial charge in [0.15, 0.2) is 5.78 Å². The summed E-state index contributed by atoms with van der Waals surface area (Å²) in [7, 11) is 0. The largest absolute Gasteiger partial charge is 0.478 e. The number of thiophene rings is 2. The number of ketones is 1. The molecule has 0 amide bonds. The lowest BCUT2D eigenvalue weighted by Crippen LogP contribution is -2.09. The van der Waals surface area contributed by atoms with E-state index in [9.17, 15) is 14.7 Å². The third-order valence-corrected chi connectivity index (χ3v) is 6.23. The summed E-state index contributed by atoms with van der Waals surface area (Å²) in [5, 5.41) is 13.5. The van der Waals surface area contributed by atoms with Crippen LogP contribution in [0.5, 0.6) is 0 Å². The van der Waals surface area contributed by atoms with Crippen LogP contribution in [0, 0.1) is 12.8 Å². The minimum absolute atomic E-state index is 0.0900. The first kappa shape index (κ1) is 18.5. The molecule has 134 valence electrons. The Morgan fingerprint density at radius 1 is 1.12 bits per heavy atom. The summed E-state index contributed by atoms with van der Waals surface area (Å²) in [6.45, 7) is 4.01. The van der Waals surface area contributed by atoms with Gasteiger partial charge in [-0.15, -0.1) is 22.7 Å². The first-order chi connectivity index (χ1) is 12.5. The Labute approximate surface area is 160 Å². The van der Waals surface area contributed by atoms with E-state index in [0.29, 0.717) is 18.4 Å². The van der Waals surface area contributed by atoms with Crippen molar-refractivity contribution in [1.29, 1.82) is 0 Å². The van der Waals surface area contributed by atoms with E-state index >= 15 is 0 Å². The van der Waals surface area contributed by atoms with Gasteiger partial charge in [-0.3, -0.25) is 4.79 Å². The first-order valence-electron chi connectivity index (χ1n) is 8.43.